The Morgan fingerprint density at radius 2 is 2.23 bits per heavy atom. The molecule has 0 radical (unpaired) electrons. The lowest BCUT2D eigenvalue weighted by Gasteiger charge is -2.29. The molecule has 1 rings (SSSR count). The van der Waals surface area contributed by atoms with E-state index >= 15 is 0 Å². The Balaban J connectivity index is 2.42. The minimum atomic E-state index is -0.252. The van der Waals surface area contributed by atoms with Crippen LogP contribution < -0.4 is 0 Å². The van der Waals surface area contributed by atoms with Gasteiger partial charge in [-0.2, -0.15) is 0 Å². The lowest BCUT2D eigenvalue weighted by molar-refractivity contribution is -0.145. The number of ether oxygens (including phenoxy) is 2. The van der Waals surface area contributed by atoms with Crippen molar-refractivity contribution in [3.63, 3.8) is 0 Å². The number of rotatable bonds is 2. The molecule has 0 bridgehead atoms. The van der Waals surface area contributed by atoms with Crippen molar-refractivity contribution in [1.29, 1.82) is 0 Å². The molecule has 13 heavy (non-hydrogen) atoms. The zero-order valence-corrected chi connectivity index (χ0v) is 8.32. The molecule has 3 nitrogen and oxygen atoms in total. The van der Waals surface area contributed by atoms with Gasteiger partial charge in [0.05, 0.1) is 6.26 Å². The van der Waals surface area contributed by atoms with Crippen molar-refractivity contribution in [3.8, 4) is 0 Å². The molecule has 0 amide bonds. The van der Waals surface area contributed by atoms with Gasteiger partial charge in [0.1, 0.15) is 12.7 Å². The summed E-state index contributed by atoms with van der Waals surface area (Å²) in [6, 6.07) is 0. The maximum absolute atomic E-state index is 10.6. The second kappa shape index (κ2) is 4.30. The molecule has 0 aromatic heterocycles. The summed E-state index contributed by atoms with van der Waals surface area (Å²) in [6.07, 6.45) is 3.72. The first-order valence-electron chi connectivity index (χ1n) is 4.56. The molecule has 0 aliphatic carbocycles. The van der Waals surface area contributed by atoms with E-state index in [-0.39, 0.29) is 12.1 Å². The van der Waals surface area contributed by atoms with Gasteiger partial charge in [0.2, 0.25) is 0 Å². The summed E-state index contributed by atoms with van der Waals surface area (Å²) < 4.78 is 10.3. The van der Waals surface area contributed by atoms with Crippen molar-refractivity contribution in [3.05, 3.63) is 12.3 Å². The third-order valence-electron chi connectivity index (χ3n) is 2.50. The number of hydrogen-bond donors (Lipinski definition) is 0. The van der Waals surface area contributed by atoms with Gasteiger partial charge < -0.3 is 9.47 Å². The molecule has 0 spiro atoms. The van der Waals surface area contributed by atoms with Gasteiger partial charge in [-0.25, -0.2) is 0 Å². The maximum atomic E-state index is 10.6. The van der Waals surface area contributed by atoms with Crippen molar-refractivity contribution in [2.75, 3.05) is 6.61 Å². The predicted molar refractivity (Wildman–Crippen MR) is 49.0 cm³/mol. The van der Waals surface area contributed by atoms with Gasteiger partial charge >= 0.3 is 5.97 Å². The fourth-order valence-electron chi connectivity index (χ4n) is 1.30. The van der Waals surface area contributed by atoms with E-state index in [4.69, 9.17) is 9.47 Å². The van der Waals surface area contributed by atoms with Gasteiger partial charge in [0, 0.05) is 12.8 Å². The molecule has 1 aliphatic heterocycles. The van der Waals surface area contributed by atoms with E-state index in [1.54, 1.807) is 6.26 Å². The topological polar surface area (TPSA) is 35.5 Å². The fourth-order valence-corrected chi connectivity index (χ4v) is 1.30. The van der Waals surface area contributed by atoms with Crippen LogP contribution >= 0.6 is 0 Å². The maximum Gasteiger partial charge on any atom is 0.302 e. The van der Waals surface area contributed by atoms with E-state index in [0.717, 1.165) is 0 Å². The van der Waals surface area contributed by atoms with E-state index in [2.05, 4.69) is 13.8 Å². The Morgan fingerprint density at radius 1 is 1.54 bits per heavy atom. The first-order valence-corrected chi connectivity index (χ1v) is 4.56. The number of carbonyl (C=O) groups excluding carboxylic acids is 1. The van der Waals surface area contributed by atoms with Gasteiger partial charge in [-0.3, -0.25) is 4.79 Å². The number of esters is 1. The smallest absolute Gasteiger partial charge is 0.302 e. The van der Waals surface area contributed by atoms with E-state index < -0.39 is 0 Å². The number of hydrogen-bond acceptors (Lipinski definition) is 3. The summed E-state index contributed by atoms with van der Waals surface area (Å²) in [5, 5.41) is 0. The van der Waals surface area contributed by atoms with Crippen LogP contribution in [0.5, 0.6) is 0 Å². The zero-order valence-electron chi connectivity index (χ0n) is 8.32. The lowest BCUT2D eigenvalue weighted by Crippen LogP contribution is -2.32. The van der Waals surface area contributed by atoms with Crippen LogP contribution in [-0.4, -0.2) is 18.7 Å². The summed E-state index contributed by atoms with van der Waals surface area (Å²) in [6.45, 7) is 5.99. The van der Waals surface area contributed by atoms with E-state index in [1.165, 1.54) is 6.92 Å². The largest absolute Gasteiger partial charge is 0.494 e. The minimum absolute atomic E-state index is 0.00361. The second-order valence-corrected chi connectivity index (χ2v) is 3.52. The van der Waals surface area contributed by atoms with Gasteiger partial charge in [-0.1, -0.05) is 13.8 Å². The van der Waals surface area contributed by atoms with Crippen LogP contribution in [0.4, 0.5) is 0 Å². The third kappa shape index (κ3) is 2.76. The van der Waals surface area contributed by atoms with Crippen molar-refractivity contribution in [2.45, 2.75) is 26.9 Å². The SMILES string of the molecule is CC(=O)OCC1OC=CC(C)[C@@H]1C. The van der Waals surface area contributed by atoms with Crippen molar-refractivity contribution in [1.82, 2.24) is 0 Å². The molecule has 1 aliphatic rings. The average Bonchev–Trinajstić information content (AvgIpc) is 2.07. The van der Waals surface area contributed by atoms with E-state index in [9.17, 15) is 4.79 Å². The Morgan fingerprint density at radius 3 is 2.85 bits per heavy atom. The van der Waals surface area contributed by atoms with E-state index in [1.807, 2.05) is 6.08 Å². The quantitative estimate of drug-likeness (QED) is 0.613. The summed E-state index contributed by atoms with van der Waals surface area (Å²) in [4.78, 5) is 10.6. The third-order valence-corrected chi connectivity index (χ3v) is 2.50. The first kappa shape index (κ1) is 10.1. The summed E-state index contributed by atoms with van der Waals surface area (Å²) >= 11 is 0. The number of carbonyl (C=O) groups is 1. The Bertz CT molecular complexity index is 210. The number of allylic oxidation sites excluding steroid dienone is 1. The summed E-state index contributed by atoms with van der Waals surface area (Å²) in [5.41, 5.74) is 0. The monoisotopic (exact) mass is 184 g/mol. The Labute approximate surface area is 78.7 Å². The molecule has 3 heteroatoms. The molecule has 0 saturated carbocycles. The molecule has 0 saturated heterocycles. The highest BCUT2D eigenvalue weighted by Gasteiger charge is 2.26. The van der Waals surface area contributed by atoms with Crippen LogP contribution in [-0.2, 0) is 14.3 Å². The standard InChI is InChI=1S/C10H16O3/c1-7-4-5-12-10(8(7)2)6-13-9(3)11/h4-5,7-8,10H,6H2,1-3H3/t7?,8-,10?/m0/s1. The Hall–Kier alpha value is -0.990. The van der Waals surface area contributed by atoms with Gasteiger partial charge in [-0.05, 0) is 12.0 Å². The van der Waals surface area contributed by atoms with Crippen LogP contribution in [0.1, 0.15) is 20.8 Å². The molecule has 0 N–H and O–H groups in total. The predicted octanol–water partition coefficient (Wildman–Crippen LogP) is 1.73. The van der Waals surface area contributed by atoms with Crippen LogP contribution in [0.3, 0.4) is 0 Å². The van der Waals surface area contributed by atoms with Crippen molar-refractivity contribution in [2.24, 2.45) is 11.8 Å². The van der Waals surface area contributed by atoms with Gasteiger partial charge in [0.25, 0.3) is 0 Å². The van der Waals surface area contributed by atoms with E-state index in [0.29, 0.717) is 18.4 Å². The van der Waals surface area contributed by atoms with Gasteiger partial charge in [0.15, 0.2) is 0 Å². The molecule has 3 atom stereocenters. The van der Waals surface area contributed by atoms with Gasteiger partial charge in [-0.15, -0.1) is 0 Å². The molecule has 0 fully saturated rings. The van der Waals surface area contributed by atoms with Crippen molar-refractivity contribution >= 4 is 5.97 Å². The van der Waals surface area contributed by atoms with Crippen LogP contribution in [0.2, 0.25) is 0 Å². The lowest BCUT2D eigenvalue weighted by atomic mass is 9.89. The highest BCUT2D eigenvalue weighted by molar-refractivity contribution is 5.65. The molecule has 74 valence electrons. The molecule has 1 heterocycles. The molecular formula is C10H16O3. The normalized spacial score (nSPS) is 32.4. The zero-order chi connectivity index (χ0) is 9.84. The average molecular weight is 184 g/mol. The second-order valence-electron chi connectivity index (χ2n) is 3.52. The molecule has 0 aromatic carbocycles. The van der Waals surface area contributed by atoms with Crippen LogP contribution in [0.25, 0.3) is 0 Å². The summed E-state index contributed by atoms with van der Waals surface area (Å²) in [5.74, 6) is 0.622. The molecular weight excluding hydrogens is 168 g/mol. The molecule has 0 aromatic rings. The van der Waals surface area contributed by atoms with Crippen LogP contribution in [0.15, 0.2) is 12.3 Å². The highest BCUT2D eigenvalue weighted by Crippen LogP contribution is 2.23. The van der Waals surface area contributed by atoms with Crippen LogP contribution in [0, 0.1) is 11.8 Å². The molecule has 2 unspecified atom stereocenters. The minimum Gasteiger partial charge on any atom is -0.494 e. The first-order chi connectivity index (χ1) is 6.11. The van der Waals surface area contributed by atoms with Crippen molar-refractivity contribution < 1.29 is 14.3 Å². The summed E-state index contributed by atoms with van der Waals surface area (Å²) in [7, 11) is 0. The Kier molecular flexibility index (Phi) is 3.34. The highest BCUT2D eigenvalue weighted by atomic mass is 16.6. The fraction of sp³-hybridized carbons (Fsp3) is 0.700.